The molecule has 110 valence electrons. The van der Waals surface area contributed by atoms with Crippen molar-refractivity contribution in [2.75, 3.05) is 26.2 Å². The molecular formula is C15H24N4O. The quantitative estimate of drug-likeness (QED) is 0.822. The Labute approximate surface area is 120 Å². The topological polar surface area (TPSA) is 41.4 Å². The molecule has 1 aromatic heterocycles. The van der Waals surface area contributed by atoms with Crippen LogP contribution in [0.15, 0.2) is 12.5 Å². The highest BCUT2D eigenvalue weighted by molar-refractivity contribution is 5.92. The highest BCUT2D eigenvalue weighted by Crippen LogP contribution is 2.23. The molecule has 3 rings (SSSR count). The second kappa shape index (κ2) is 5.95. The molecule has 5 nitrogen and oxygen atoms in total. The van der Waals surface area contributed by atoms with E-state index in [1.165, 1.54) is 32.1 Å². The number of rotatable bonds is 2. The molecule has 2 aliphatic rings. The van der Waals surface area contributed by atoms with E-state index in [-0.39, 0.29) is 5.91 Å². The first-order chi connectivity index (χ1) is 9.75. The Morgan fingerprint density at radius 2 is 1.85 bits per heavy atom. The number of aromatic nitrogens is 2. The Hall–Kier alpha value is -1.36. The summed E-state index contributed by atoms with van der Waals surface area (Å²) in [6, 6.07) is 0.762. The smallest absolute Gasteiger partial charge is 0.272 e. The normalized spacial score (nSPS) is 22.1. The van der Waals surface area contributed by atoms with Gasteiger partial charge in [0, 0.05) is 39.3 Å². The molecule has 1 aliphatic heterocycles. The maximum Gasteiger partial charge on any atom is 0.272 e. The predicted octanol–water partition coefficient (Wildman–Crippen LogP) is 1.51. The zero-order valence-electron chi connectivity index (χ0n) is 12.3. The van der Waals surface area contributed by atoms with E-state index in [9.17, 15) is 4.79 Å². The third kappa shape index (κ3) is 2.73. The maximum absolute atomic E-state index is 12.4. The lowest BCUT2D eigenvalue weighted by molar-refractivity contribution is 0.0515. The monoisotopic (exact) mass is 276 g/mol. The van der Waals surface area contributed by atoms with Gasteiger partial charge >= 0.3 is 0 Å². The predicted molar refractivity (Wildman–Crippen MR) is 77.6 cm³/mol. The number of carbonyl (C=O) groups excluding carboxylic acids is 1. The zero-order valence-corrected chi connectivity index (χ0v) is 12.3. The highest BCUT2D eigenvalue weighted by atomic mass is 16.2. The number of carbonyl (C=O) groups is 1. The van der Waals surface area contributed by atoms with E-state index in [1.807, 2.05) is 11.9 Å². The van der Waals surface area contributed by atoms with Gasteiger partial charge in [-0.1, -0.05) is 19.3 Å². The zero-order chi connectivity index (χ0) is 13.9. The Kier molecular flexibility index (Phi) is 4.05. The molecule has 1 saturated heterocycles. The Balaban J connectivity index is 1.55. The van der Waals surface area contributed by atoms with Crippen LogP contribution in [0.25, 0.3) is 0 Å². The number of hydrogen-bond acceptors (Lipinski definition) is 3. The maximum atomic E-state index is 12.4. The molecule has 5 heteroatoms. The van der Waals surface area contributed by atoms with Crippen LogP contribution in [0.2, 0.25) is 0 Å². The summed E-state index contributed by atoms with van der Waals surface area (Å²) in [5.41, 5.74) is 0.691. The molecule has 1 aliphatic carbocycles. The Morgan fingerprint density at radius 1 is 1.15 bits per heavy atom. The lowest BCUT2D eigenvalue weighted by Gasteiger charge is -2.40. The molecule has 1 aromatic rings. The molecule has 2 heterocycles. The van der Waals surface area contributed by atoms with Gasteiger partial charge in [-0.3, -0.25) is 9.69 Å². The average molecular weight is 276 g/mol. The van der Waals surface area contributed by atoms with Crippen LogP contribution >= 0.6 is 0 Å². The summed E-state index contributed by atoms with van der Waals surface area (Å²) in [4.78, 5) is 21.0. The number of aryl methyl sites for hydroxylation is 1. The second-order valence-electron chi connectivity index (χ2n) is 6.01. The molecule has 0 radical (unpaired) electrons. The van der Waals surface area contributed by atoms with Gasteiger partial charge in [0.2, 0.25) is 0 Å². The van der Waals surface area contributed by atoms with Crippen LogP contribution in [0.5, 0.6) is 0 Å². The number of piperazine rings is 1. The van der Waals surface area contributed by atoms with Crippen molar-refractivity contribution in [2.24, 2.45) is 7.05 Å². The van der Waals surface area contributed by atoms with E-state index in [2.05, 4.69) is 9.88 Å². The number of amides is 1. The fourth-order valence-corrected chi connectivity index (χ4v) is 3.46. The summed E-state index contributed by atoms with van der Waals surface area (Å²) in [6.45, 7) is 3.74. The van der Waals surface area contributed by atoms with Crippen LogP contribution in [0.4, 0.5) is 0 Å². The van der Waals surface area contributed by atoms with E-state index in [0.717, 1.165) is 32.2 Å². The fourth-order valence-electron chi connectivity index (χ4n) is 3.46. The summed E-state index contributed by atoms with van der Waals surface area (Å²) in [7, 11) is 1.87. The van der Waals surface area contributed by atoms with Crippen molar-refractivity contribution in [2.45, 2.75) is 38.1 Å². The first-order valence-electron chi connectivity index (χ1n) is 7.75. The third-order valence-electron chi connectivity index (χ3n) is 4.73. The van der Waals surface area contributed by atoms with Crippen LogP contribution < -0.4 is 0 Å². The van der Waals surface area contributed by atoms with Crippen LogP contribution in [0.3, 0.4) is 0 Å². The van der Waals surface area contributed by atoms with Crippen molar-refractivity contribution in [3.8, 4) is 0 Å². The summed E-state index contributed by atoms with van der Waals surface area (Å²) in [5.74, 6) is 0.119. The van der Waals surface area contributed by atoms with Crippen molar-refractivity contribution in [3.05, 3.63) is 18.2 Å². The third-order valence-corrected chi connectivity index (χ3v) is 4.73. The molecular weight excluding hydrogens is 252 g/mol. The van der Waals surface area contributed by atoms with E-state index in [1.54, 1.807) is 17.1 Å². The molecule has 0 aromatic carbocycles. The first-order valence-corrected chi connectivity index (χ1v) is 7.75. The van der Waals surface area contributed by atoms with Gasteiger partial charge in [0.05, 0.1) is 12.5 Å². The van der Waals surface area contributed by atoms with Gasteiger partial charge in [0.15, 0.2) is 0 Å². The molecule has 0 unspecified atom stereocenters. The van der Waals surface area contributed by atoms with Gasteiger partial charge in [0.1, 0.15) is 5.69 Å². The van der Waals surface area contributed by atoms with Crippen molar-refractivity contribution in [1.82, 2.24) is 19.4 Å². The fraction of sp³-hybridized carbons (Fsp3) is 0.733. The molecule has 1 amide bonds. The number of hydrogen-bond donors (Lipinski definition) is 0. The molecule has 0 N–H and O–H groups in total. The lowest BCUT2D eigenvalue weighted by atomic mass is 9.94. The SMILES string of the molecule is Cn1cncc1C(=O)N1CCN(C2CCCCC2)CC1. The first kappa shape index (κ1) is 13.6. The van der Waals surface area contributed by atoms with E-state index < -0.39 is 0 Å². The largest absolute Gasteiger partial charge is 0.335 e. The van der Waals surface area contributed by atoms with Crippen LogP contribution in [-0.4, -0.2) is 57.5 Å². The van der Waals surface area contributed by atoms with Gasteiger partial charge in [0.25, 0.3) is 5.91 Å². The van der Waals surface area contributed by atoms with E-state index in [0.29, 0.717) is 5.69 Å². The standard InChI is InChI=1S/C15H24N4O/c1-17-12-16-11-14(17)15(20)19-9-7-18(8-10-19)13-5-3-2-4-6-13/h11-13H,2-10H2,1H3. The number of imidazole rings is 1. The van der Waals surface area contributed by atoms with Crippen molar-refractivity contribution in [3.63, 3.8) is 0 Å². The molecule has 0 bridgehead atoms. The van der Waals surface area contributed by atoms with Crippen LogP contribution in [0.1, 0.15) is 42.6 Å². The van der Waals surface area contributed by atoms with E-state index >= 15 is 0 Å². The summed E-state index contributed by atoms with van der Waals surface area (Å²) in [6.07, 6.45) is 10.2. The Bertz CT molecular complexity index is 456. The molecule has 1 saturated carbocycles. The van der Waals surface area contributed by atoms with Crippen molar-refractivity contribution < 1.29 is 4.79 Å². The summed E-state index contributed by atoms with van der Waals surface area (Å²) < 4.78 is 1.80. The Morgan fingerprint density at radius 3 is 2.45 bits per heavy atom. The second-order valence-corrected chi connectivity index (χ2v) is 6.01. The molecule has 20 heavy (non-hydrogen) atoms. The molecule has 0 spiro atoms. The summed E-state index contributed by atoms with van der Waals surface area (Å²) >= 11 is 0. The van der Waals surface area contributed by atoms with Gasteiger partial charge in [-0.25, -0.2) is 4.98 Å². The van der Waals surface area contributed by atoms with Crippen LogP contribution in [0, 0.1) is 0 Å². The minimum absolute atomic E-state index is 0.119. The lowest BCUT2D eigenvalue weighted by Crippen LogP contribution is -2.52. The van der Waals surface area contributed by atoms with Gasteiger partial charge in [-0.2, -0.15) is 0 Å². The minimum Gasteiger partial charge on any atom is -0.335 e. The molecule has 2 fully saturated rings. The average Bonchev–Trinajstić information content (AvgIpc) is 2.94. The van der Waals surface area contributed by atoms with E-state index in [4.69, 9.17) is 0 Å². The van der Waals surface area contributed by atoms with Crippen LogP contribution in [-0.2, 0) is 7.05 Å². The number of nitrogens with zero attached hydrogens (tertiary/aromatic N) is 4. The van der Waals surface area contributed by atoms with Gasteiger partial charge in [-0.15, -0.1) is 0 Å². The summed E-state index contributed by atoms with van der Waals surface area (Å²) in [5, 5.41) is 0. The molecule has 0 atom stereocenters. The van der Waals surface area contributed by atoms with Gasteiger partial charge in [-0.05, 0) is 12.8 Å². The highest BCUT2D eigenvalue weighted by Gasteiger charge is 2.28. The van der Waals surface area contributed by atoms with Gasteiger partial charge < -0.3 is 9.47 Å². The van der Waals surface area contributed by atoms with Crippen molar-refractivity contribution in [1.29, 1.82) is 0 Å². The minimum atomic E-state index is 0.119. The van der Waals surface area contributed by atoms with Crippen molar-refractivity contribution >= 4 is 5.91 Å².